The van der Waals surface area contributed by atoms with Gasteiger partial charge in [0.1, 0.15) is 6.04 Å². The van der Waals surface area contributed by atoms with Crippen LogP contribution in [0.3, 0.4) is 0 Å². The number of carbonyl (C=O) groups excluding carboxylic acids is 1. The number of nitrogens with two attached hydrogens (primary N) is 1. The molecule has 25 heavy (non-hydrogen) atoms. The molecule has 0 aliphatic heterocycles. The zero-order chi connectivity index (χ0) is 18.6. The Morgan fingerprint density at radius 3 is 2.32 bits per heavy atom. The average Bonchev–Trinajstić information content (AvgIpc) is 2.57. The summed E-state index contributed by atoms with van der Waals surface area (Å²) in [5.41, 5.74) is 9.58. The van der Waals surface area contributed by atoms with Gasteiger partial charge in [0.2, 0.25) is 15.9 Å². The first-order chi connectivity index (χ1) is 11.7. The third kappa shape index (κ3) is 5.04. The fourth-order valence-corrected chi connectivity index (χ4v) is 2.95. The minimum absolute atomic E-state index is 0.00364. The fourth-order valence-electron chi connectivity index (χ4n) is 2.24. The van der Waals surface area contributed by atoms with Gasteiger partial charge in [-0.15, -0.1) is 0 Å². The second kappa shape index (κ2) is 7.67. The van der Waals surface area contributed by atoms with Crippen molar-refractivity contribution >= 4 is 27.3 Å². The second-order valence-electron chi connectivity index (χ2n) is 5.91. The molecule has 2 aromatic rings. The van der Waals surface area contributed by atoms with Crippen molar-refractivity contribution in [1.82, 2.24) is 0 Å². The number of anilines is 2. The van der Waals surface area contributed by atoms with E-state index >= 15 is 0 Å². The summed E-state index contributed by atoms with van der Waals surface area (Å²) in [4.78, 5) is 12.3. The molecule has 0 aliphatic carbocycles. The first-order valence-corrected chi connectivity index (χ1v) is 9.61. The van der Waals surface area contributed by atoms with Crippen LogP contribution in [0.25, 0.3) is 0 Å². The number of rotatable bonds is 6. The molecule has 0 heterocycles. The largest absolute Gasteiger partial charge is 0.324 e. The van der Waals surface area contributed by atoms with Crippen molar-refractivity contribution < 1.29 is 13.2 Å². The Morgan fingerprint density at radius 1 is 1.12 bits per heavy atom. The van der Waals surface area contributed by atoms with Crippen LogP contribution in [0.2, 0.25) is 0 Å². The van der Waals surface area contributed by atoms with Gasteiger partial charge < -0.3 is 11.1 Å². The highest BCUT2D eigenvalue weighted by atomic mass is 32.2. The van der Waals surface area contributed by atoms with Crippen molar-refractivity contribution in [2.24, 2.45) is 5.73 Å². The van der Waals surface area contributed by atoms with Gasteiger partial charge in [0, 0.05) is 5.69 Å². The van der Waals surface area contributed by atoms with Crippen LogP contribution in [0, 0.1) is 13.8 Å². The third-order valence-corrected chi connectivity index (χ3v) is 5.15. The Labute approximate surface area is 148 Å². The molecule has 0 bridgehead atoms. The normalized spacial score (nSPS) is 12.5. The van der Waals surface area contributed by atoms with Gasteiger partial charge in [0.15, 0.2) is 0 Å². The summed E-state index contributed by atoms with van der Waals surface area (Å²) in [6.45, 7) is 5.30. The van der Waals surface area contributed by atoms with Crippen LogP contribution < -0.4 is 15.8 Å². The summed E-state index contributed by atoms with van der Waals surface area (Å²) in [6.07, 6.45) is 0. The van der Waals surface area contributed by atoms with Crippen molar-refractivity contribution in [2.45, 2.75) is 26.8 Å². The molecule has 0 spiro atoms. The Bertz CT molecular complexity index is 862. The lowest BCUT2D eigenvalue weighted by molar-refractivity contribution is -0.117. The Balaban J connectivity index is 2.11. The van der Waals surface area contributed by atoms with Gasteiger partial charge in [0.25, 0.3) is 0 Å². The van der Waals surface area contributed by atoms with Crippen LogP contribution >= 0.6 is 0 Å². The molecule has 1 amide bonds. The lowest BCUT2D eigenvalue weighted by Gasteiger charge is -2.15. The third-order valence-electron chi connectivity index (χ3n) is 3.86. The van der Waals surface area contributed by atoms with Crippen molar-refractivity contribution in [1.29, 1.82) is 0 Å². The summed E-state index contributed by atoms with van der Waals surface area (Å²) in [5, 5.41) is 2.76. The zero-order valence-electron chi connectivity index (χ0n) is 14.5. The second-order valence-corrected chi connectivity index (χ2v) is 7.92. The fraction of sp³-hybridized carbons (Fsp3) is 0.278. The zero-order valence-corrected chi connectivity index (χ0v) is 15.4. The molecule has 134 valence electrons. The average molecular weight is 361 g/mol. The predicted octanol–water partition coefficient (Wildman–Crippen LogP) is 2.70. The van der Waals surface area contributed by atoms with Gasteiger partial charge in [-0.25, -0.2) is 8.42 Å². The first kappa shape index (κ1) is 19.0. The van der Waals surface area contributed by atoms with Crippen molar-refractivity contribution in [3.8, 4) is 0 Å². The van der Waals surface area contributed by atoms with Gasteiger partial charge in [-0.2, -0.15) is 0 Å². The summed E-state index contributed by atoms with van der Waals surface area (Å²) < 4.78 is 25.8. The predicted molar refractivity (Wildman–Crippen MR) is 101 cm³/mol. The molecule has 2 rings (SSSR count). The van der Waals surface area contributed by atoms with Crippen LogP contribution in [0.1, 0.15) is 29.7 Å². The van der Waals surface area contributed by atoms with E-state index < -0.39 is 16.1 Å². The van der Waals surface area contributed by atoms with Crippen molar-refractivity contribution in [3.63, 3.8) is 0 Å². The molecule has 0 radical (unpaired) electrons. The molecule has 0 saturated heterocycles. The number of aryl methyl sites for hydroxylation is 2. The van der Waals surface area contributed by atoms with E-state index in [9.17, 15) is 13.2 Å². The van der Waals surface area contributed by atoms with Gasteiger partial charge in [-0.1, -0.05) is 29.8 Å². The number of benzene rings is 2. The Morgan fingerprint density at radius 2 is 1.76 bits per heavy atom. The Kier molecular flexibility index (Phi) is 5.81. The molecule has 0 fully saturated rings. The smallest absolute Gasteiger partial charge is 0.245 e. The SMILES string of the molecule is CCS(=O)(=O)Nc1ccc(NC(=O)C(N)c2ccc(C)cc2)cc1C. The monoisotopic (exact) mass is 361 g/mol. The quantitative estimate of drug-likeness (QED) is 0.736. The molecule has 0 aromatic heterocycles. The maximum absolute atomic E-state index is 12.3. The van der Waals surface area contributed by atoms with Crippen LogP contribution in [0.4, 0.5) is 11.4 Å². The molecule has 1 unspecified atom stereocenters. The maximum Gasteiger partial charge on any atom is 0.245 e. The maximum atomic E-state index is 12.3. The molecule has 0 saturated carbocycles. The topological polar surface area (TPSA) is 101 Å². The standard InChI is InChI=1S/C18H23N3O3S/c1-4-25(23,24)21-16-10-9-15(11-13(16)3)20-18(22)17(19)14-7-5-12(2)6-8-14/h5-11,17,21H,4,19H2,1-3H3,(H,20,22). The molecule has 1 atom stereocenters. The highest BCUT2D eigenvalue weighted by Gasteiger charge is 2.16. The number of sulfonamides is 1. The number of hydrogen-bond donors (Lipinski definition) is 3. The highest BCUT2D eigenvalue weighted by molar-refractivity contribution is 7.92. The molecule has 2 aromatic carbocycles. The van der Waals surface area contributed by atoms with E-state index in [0.29, 0.717) is 16.9 Å². The Hall–Kier alpha value is -2.38. The van der Waals surface area contributed by atoms with E-state index in [1.165, 1.54) is 0 Å². The summed E-state index contributed by atoms with van der Waals surface area (Å²) >= 11 is 0. The minimum atomic E-state index is -3.34. The minimum Gasteiger partial charge on any atom is -0.324 e. The molecule has 7 heteroatoms. The lowest BCUT2D eigenvalue weighted by Crippen LogP contribution is -2.27. The van der Waals surface area contributed by atoms with Crippen LogP contribution in [-0.4, -0.2) is 20.1 Å². The molecule has 4 N–H and O–H groups in total. The van der Waals surface area contributed by atoms with Crippen LogP contribution in [0.15, 0.2) is 42.5 Å². The highest BCUT2D eigenvalue weighted by Crippen LogP contribution is 2.22. The molecule has 6 nitrogen and oxygen atoms in total. The summed E-state index contributed by atoms with van der Waals surface area (Å²) in [5.74, 6) is -0.332. The number of amides is 1. The molecular weight excluding hydrogens is 338 g/mol. The van der Waals surface area contributed by atoms with E-state index in [4.69, 9.17) is 5.73 Å². The molecular formula is C18H23N3O3S. The summed E-state index contributed by atoms with van der Waals surface area (Å²) in [6, 6.07) is 11.6. The van der Waals surface area contributed by atoms with E-state index in [0.717, 1.165) is 11.1 Å². The van der Waals surface area contributed by atoms with E-state index in [-0.39, 0.29) is 11.7 Å². The number of hydrogen-bond acceptors (Lipinski definition) is 4. The van der Waals surface area contributed by atoms with Gasteiger partial charge >= 0.3 is 0 Å². The van der Waals surface area contributed by atoms with E-state index in [1.807, 2.05) is 31.2 Å². The summed E-state index contributed by atoms with van der Waals surface area (Å²) in [7, 11) is -3.34. The van der Waals surface area contributed by atoms with E-state index in [2.05, 4.69) is 10.0 Å². The van der Waals surface area contributed by atoms with Gasteiger partial charge in [-0.05, 0) is 50.1 Å². The number of nitrogens with one attached hydrogen (secondary N) is 2. The molecule has 0 aliphatic rings. The van der Waals surface area contributed by atoms with E-state index in [1.54, 1.807) is 32.0 Å². The van der Waals surface area contributed by atoms with Crippen LogP contribution in [0.5, 0.6) is 0 Å². The number of carbonyl (C=O) groups is 1. The lowest BCUT2D eigenvalue weighted by atomic mass is 10.1. The van der Waals surface area contributed by atoms with Gasteiger partial charge in [-0.3, -0.25) is 9.52 Å². The van der Waals surface area contributed by atoms with Crippen molar-refractivity contribution in [3.05, 3.63) is 59.2 Å². The van der Waals surface area contributed by atoms with Gasteiger partial charge in [0.05, 0.1) is 11.4 Å². The first-order valence-electron chi connectivity index (χ1n) is 7.96. The van der Waals surface area contributed by atoms with Crippen LogP contribution in [-0.2, 0) is 14.8 Å². The van der Waals surface area contributed by atoms with Crippen molar-refractivity contribution in [2.75, 3.05) is 15.8 Å².